The van der Waals surface area contributed by atoms with Crippen LogP contribution in [0, 0.1) is 0 Å². The van der Waals surface area contributed by atoms with Gasteiger partial charge < -0.3 is 15.0 Å². The van der Waals surface area contributed by atoms with E-state index in [1.54, 1.807) is 6.20 Å². The van der Waals surface area contributed by atoms with Crippen LogP contribution in [0.3, 0.4) is 0 Å². The zero-order valence-corrected chi connectivity index (χ0v) is 12.4. The maximum absolute atomic E-state index is 12.2. The zero-order valence-electron chi connectivity index (χ0n) is 12.4. The third kappa shape index (κ3) is 3.62. The van der Waals surface area contributed by atoms with Crippen molar-refractivity contribution in [2.75, 3.05) is 36.5 Å². The molecule has 2 aromatic rings. The molecule has 5 heteroatoms. The minimum Gasteiger partial charge on any atom is -0.378 e. The van der Waals surface area contributed by atoms with Crippen molar-refractivity contribution in [1.82, 2.24) is 4.98 Å². The van der Waals surface area contributed by atoms with E-state index < -0.39 is 0 Å². The lowest BCUT2D eigenvalue weighted by Crippen LogP contribution is -2.36. The topological polar surface area (TPSA) is 54.5 Å². The molecule has 1 saturated heterocycles. The molecule has 1 aliphatic rings. The molecule has 0 unspecified atom stereocenters. The molecule has 0 radical (unpaired) electrons. The van der Waals surface area contributed by atoms with Gasteiger partial charge in [0, 0.05) is 25.0 Å². The Morgan fingerprint density at radius 2 is 1.91 bits per heavy atom. The van der Waals surface area contributed by atoms with E-state index in [1.807, 2.05) is 42.5 Å². The highest BCUT2D eigenvalue weighted by Crippen LogP contribution is 2.26. The van der Waals surface area contributed by atoms with Gasteiger partial charge in [0.05, 0.1) is 31.0 Å². The monoisotopic (exact) mass is 297 g/mol. The zero-order chi connectivity index (χ0) is 15.2. The molecular formula is C17H19N3O2. The minimum atomic E-state index is -0.0561. The molecule has 1 N–H and O–H groups in total. The third-order valence-electron chi connectivity index (χ3n) is 3.60. The summed E-state index contributed by atoms with van der Waals surface area (Å²) in [5.41, 5.74) is 2.65. The molecule has 0 atom stereocenters. The molecule has 5 nitrogen and oxygen atoms in total. The predicted molar refractivity (Wildman–Crippen MR) is 86.0 cm³/mol. The highest BCUT2D eigenvalue weighted by Gasteiger charge is 2.15. The molecule has 1 fully saturated rings. The lowest BCUT2D eigenvalue weighted by atomic mass is 10.2. The van der Waals surface area contributed by atoms with E-state index in [0.717, 1.165) is 43.4 Å². The number of carbonyl (C=O) groups excluding carboxylic acids is 1. The van der Waals surface area contributed by atoms with Gasteiger partial charge in [0.25, 0.3) is 0 Å². The van der Waals surface area contributed by atoms with E-state index in [2.05, 4.69) is 15.2 Å². The Bertz CT molecular complexity index is 625. The number of ether oxygens (including phenoxy) is 1. The van der Waals surface area contributed by atoms with Gasteiger partial charge in [0.2, 0.25) is 5.91 Å². The molecule has 22 heavy (non-hydrogen) atoms. The van der Waals surface area contributed by atoms with Crippen molar-refractivity contribution in [3.63, 3.8) is 0 Å². The Morgan fingerprint density at radius 1 is 1.14 bits per heavy atom. The van der Waals surface area contributed by atoms with Crippen LogP contribution in [0.1, 0.15) is 5.69 Å². The van der Waals surface area contributed by atoms with Crippen molar-refractivity contribution in [1.29, 1.82) is 0 Å². The van der Waals surface area contributed by atoms with Gasteiger partial charge in [0.1, 0.15) is 0 Å². The first-order valence-corrected chi connectivity index (χ1v) is 7.44. The highest BCUT2D eigenvalue weighted by molar-refractivity contribution is 5.95. The average Bonchev–Trinajstić information content (AvgIpc) is 2.57. The standard InChI is InChI=1S/C17H19N3O2/c21-17(13-14-5-3-4-8-18-14)19-15-6-1-2-7-16(15)20-9-11-22-12-10-20/h1-8H,9-13H2,(H,19,21). The van der Waals surface area contributed by atoms with Crippen LogP contribution in [0.25, 0.3) is 0 Å². The van der Waals surface area contributed by atoms with E-state index >= 15 is 0 Å². The fraction of sp³-hybridized carbons (Fsp3) is 0.294. The van der Waals surface area contributed by atoms with Crippen molar-refractivity contribution in [2.45, 2.75) is 6.42 Å². The first-order valence-electron chi connectivity index (χ1n) is 7.44. The van der Waals surface area contributed by atoms with Crippen LogP contribution >= 0.6 is 0 Å². The number of hydrogen-bond acceptors (Lipinski definition) is 4. The summed E-state index contributed by atoms with van der Waals surface area (Å²) in [6, 6.07) is 13.5. The van der Waals surface area contributed by atoms with Crippen molar-refractivity contribution in [2.24, 2.45) is 0 Å². The maximum Gasteiger partial charge on any atom is 0.230 e. The molecule has 0 spiro atoms. The molecule has 0 aliphatic carbocycles. The summed E-state index contributed by atoms with van der Waals surface area (Å²) in [7, 11) is 0. The van der Waals surface area contributed by atoms with Gasteiger partial charge in [-0.1, -0.05) is 18.2 Å². The number of nitrogens with one attached hydrogen (secondary N) is 1. The van der Waals surface area contributed by atoms with Crippen LogP contribution in [0.15, 0.2) is 48.7 Å². The summed E-state index contributed by atoms with van der Waals surface area (Å²) in [6.07, 6.45) is 1.97. The molecule has 1 aromatic carbocycles. The number of benzene rings is 1. The number of morpholine rings is 1. The van der Waals surface area contributed by atoms with Gasteiger partial charge in [-0.05, 0) is 24.3 Å². The van der Waals surface area contributed by atoms with Crippen LogP contribution in [0.2, 0.25) is 0 Å². The van der Waals surface area contributed by atoms with Crippen LogP contribution in [-0.4, -0.2) is 37.2 Å². The fourth-order valence-electron chi connectivity index (χ4n) is 2.52. The number of anilines is 2. The molecular weight excluding hydrogens is 278 g/mol. The number of aromatic nitrogens is 1. The molecule has 114 valence electrons. The summed E-state index contributed by atoms with van der Waals surface area (Å²) in [5, 5.41) is 2.99. The smallest absolute Gasteiger partial charge is 0.230 e. The normalized spacial score (nSPS) is 14.6. The van der Waals surface area contributed by atoms with Crippen molar-refractivity contribution in [3.8, 4) is 0 Å². The van der Waals surface area contributed by atoms with E-state index in [4.69, 9.17) is 4.74 Å². The van der Waals surface area contributed by atoms with E-state index in [0.29, 0.717) is 0 Å². The Hall–Kier alpha value is -2.40. The number of pyridine rings is 1. The van der Waals surface area contributed by atoms with Crippen molar-refractivity contribution < 1.29 is 9.53 Å². The number of amides is 1. The molecule has 2 heterocycles. The number of para-hydroxylation sites is 2. The van der Waals surface area contributed by atoms with Crippen molar-refractivity contribution in [3.05, 3.63) is 54.4 Å². The summed E-state index contributed by atoms with van der Waals surface area (Å²) in [5.74, 6) is -0.0561. The highest BCUT2D eigenvalue weighted by atomic mass is 16.5. The second-order valence-corrected chi connectivity index (χ2v) is 5.16. The summed E-state index contributed by atoms with van der Waals surface area (Å²) in [6.45, 7) is 3.12. The Morgan fingerprint density at radius 3 is 2.68 bits per heavy atom. The number of nitrogens with zero attached hydrogens (tertiary/aromatic N) is 2. The Labute approximate surface area is 129 Å². The molecule has 0 saturated carbocycles. The lowest BCUT2D eigenvalue weighted by molar-refractivity contribution is -0.115. The van der Waals surface area contributed by atoms with Gasteiger partial charge in [-0.15, -0.1) is 0 Å². The minimum absolute atomic E-state index is 0.0561. The molecule has 1 aliphatic heterocycles. The second-order valence-electron chi connectivity index (χ2n) is 5.16. The predicted octanol–water partition coefficient (Wildman–Crippen LogP) is 2.10. The van der Waals surface area contributed by atoms with E-state index in [1.165, 1.54) is 0 Å². The van der Waals surface area contributed by atoms with Gasteiger partial charge in [-0.2, -0.15) is 0 Å². The van der Waals surface area contributed by atoms with Gasteiger partial charge in [-0.3, -0.25) is 9.78 Å². The van der Waals surface area contributed by atoms with Crippen LogP contribution in [-0.2, 0) is 16.0 Å². The van der Waals surface area contributed by atoms with Crippen molar-refractivity contribution >= 4 is 17.3 Å². The molecule has 1 aromatic heterocycles. The van der Waals surface area contributed by atoms with E-state index in [9.17, 15) is 4.79 Å². The van der Waals surface area contributed by atoms with Gasteiger partial charge in [-0.25, -0.2) is 0 Å². The summed E-state index contributed by atoms with van der Waals surface area (Å²) in [4.78, 5) is 18.6. The van der Waals surface area contributed by atoms with Crippen LogP contribution in [0.5, 0.6) is 0 Å². The van der Waals surface area contributed by atoms with Crippen LogP contribution in [0.4, 0.5) is 11.4 Å². The first-order chi connectivity index (χ1) is 10.8. The molecule has 1 amide bonds. The molecule has 0 bridgehead atoms. The Balaban J connectivity index is 1.70. The van der Waals surface area contributed by atoms with Crippen LogP contribution < -0.4 is 10.2 Å². The SMILES string of the molecule is O=C(Cc1ccccn1)Nc1ccccc1N1CCOCC1. The first kappa shape index (κ1) is 14.5. The third-order valence-corrected chi connectivity index (χ3v) is 3.60. The molecule has 3 rings (SSSR count). The number of hydrogen-bond donors (Lipinski definition) is 1. The fourth-order valence-corrected chi connectivity index (χ4v) is 2.52. The summed E-state index contributed by atoms with van der Waals surface area (Å²) >= 11 is 0. The number of carbonyl (C=O) groups is 1. The second kappa shape index (κ2) is 7.04. The largest absolute Gasteiger partial charge is 0.378 e. The van der Waals surface area contributed by atoms with Gasteiger partial charge >= 0.3 is 0 Å². The Kier molecular flexibility index (Phi) is 4.65. The number of rotatable bonds is 4. The van der Waals surface area contributed by atoms with Gasteiger partial charge in [0.15, 0.2) is 0 Å². The summed E-state index contributed by atoms with van der Waals surface area (Å²) < 4.78 is 5.38. The maximum atomic E-state index is 12.2. The lowest BCUT2D eigenvalue weighted by Gasteiger charge is -2.30. The average molecular weight is 297 g/mol. The van der Waals surface area contributed by atoms with E-state index in [-0.39, 0.29) is 12.3 Å². The quantitative estimate of drug-likeness (QED) is 0.939.